The van der Waals surface area contributed by atoms with E-state index >= 15 is 0 Å². The van der Waals surface area contributed by atoms with Crippen molar-refractivity contribution in [1.82, 2.24) is 5.32 Å². The Hall–Kier alpha value is -1.32. The number of allylic oxidation sites excluding steroid dienone is 2. The van der Waals surface area contributed by atoms with Crippen LogP contribution in [0.4, 0.5) is 0 Å². The molecule has 4 atom stereocenters. The van der Waals surface area contributed by atoms with Gasteiger partial charge in [0.25, 0.3) is 0 Å². The van der Waals surface area contributed by atoms with Gasteiger partial charge in [0.15, 0.2) is 0 Å². The van der Waals surface area contributed by atoms with Gasteiger partial charge in [-0.15, -0.1) is 0 Å². The van der Waals surface area contributed by atoms with Gasteiger partial charge in [0.2, 0.25) is 5.91 Å². The normalized spacial score (nSPS) is 32.6. The first-order chi connectivity index (χ1) is 10.1. The quantitative estimate of drug-likeness (QED) is 0.766. The molecule has 1 amide bonds. The summed E-state index contributed by atoms with van der Waals surface area (Å²) in [6, 6.07) is 0. The van der Waals surface area contributed by atoms with Crippen molar-refractivity contribution in [2.45, 2.75) is 51.9 Å². The van der Waals surface area contributed by atoms with Crippen molar-refractivity contribution in [3.8, 4) is 0 Å². The number of amides is 1. The van der Waals surface area contributed by atoms with Crippen LogP contribution in [0, 0.1) is 23.7 Å². The van der Waals surface area contributed by atoms with Gasteiger partial charge in [0.1, 0.15) is 0 Å². The minimum atomic E-state index is -0.861. The van der Waals surface area contributed by atoms with Gasteiger partial charge < -0.3 is 10.4 Å². The largest absolute Gasteiger partial charge is 0.481 e. The molecule has 1 saturated carbocycles. The Kier molecular flexibility index (Phi) is 5.83. The number of aliphatic carboxylic acids is 1. The topological polar surface area (TPSA) is 66.4 Å². The average Bonchev–Trinajstić information content (AvgIpc) is 2.47. The summed E-state index contributed by atoms with van der Waals surface area (Å²) in [6.45, 7) is 2.99. The van der Waals surface area contributed by atoms with Gasteiger partial charge in [-0.1, -0.05) is 38.3 Å². The van der Waals surface area contributed by atoms with Crippen molar-refractivity contribution < 1.29 is 14.7 Å². The second-order valence-electron chi connectivity index (χ2n) is 6.71. The lowest BCUT2D eigenvalue weighted by Gasteiger charge is -2.27. The number of nitrogens with one attached hydrogen (secondary N) is 1. The molecule has 4 unspecified atom stereocenters. The van der Waals surface area contributed by atoms with Crippen molar-refractivity contribution in [3.63, 3.8) is 0 Å². The molecular formula is C17H27NO3. The molecule has 0 aliphatic heterocycles. The lowest BCUT2D eigenvalue weighted by Crippen LogP contribution is -2.39. The number of carbonyl (C=O) groups excluding carboxylic acids is 1. The lowest BCUT2D eigenvalue weighted by atomic mass is 9.80. The fourth-order valence-electron chi connectivity index (χ4n) is 3.73. The van der Waals surface area contributed by atoms with Crippen LogP contribution in [-0.4, -0.2) is 23.5 Å². The van der Waals surface area contributed by atoms with Crippen LogP contribution in [0.25, 0.3) is 0 Å². The highest BCUT2D eigenvalue weighted by Crippen LogP contribution is 2.30. The summed E-state index contributed by atoms with van der Waals surface area (Å²) in [7, 11) is 0. The molecule has 0 bridgehead atoms. The Labute approximate surface area is 127 Å². The first kappa shape index (κ1) is 16.1. The van der Waals surface area contributed by atoms with E-state index in [1.807, 2.05) is 12.2 Å². The first-order valence-corrected chi connectivity index (χ1v) is 8.23. The van der Waals surface area contributed by atoms with E-state index in [0.717, 1.165) is 18.3 Å². The zero-order valence-electron chi connectivity index (χ0n) is 12.9. The Morgan fingerprint density at radius 1 is 1.19 bits per heavy atom. The number of carboxylic acids is 1. The summed E-state index contributed by atoms with van der Waals surface area (Å²) in [4.78, 5) is 23.4. The van der Waals surface area contributed by atoms with Gasteiger partial charge in [0, 0.05) is 6.54 Å². The Bertz CT molecular complexity index is 405. The third-order valence-electron chi connectivity index (χ3n) is 4.98. The van der Waals surface area contributed by atoms with Crippen LogP contribution >= 0.6 is 0 Å². The summed E-state index contributed by atoms with van der Waals surface area (Å²) < 4.78 is 0. The van der Waals surface area contributed by atoms with Crippen LogP contribution in [0.2, 0.25) is 0 Å². The van der Waals surface area contributed by atoms with E-state index in [-0.39, 0.29) is 5.91 Å². The molecule has 2 aliphatic carbocycles. The summed E-state index contributed by atoms with van der Waals surface area (Å²) in [6.07, 6.45) is 11.0. The summed E-state index contributed by atoms with van der Waals surface area (Å²) >= 11 is 0. The molecule has 4 nitrogen and oxygen atoms in total. The number of carboxylic acid groups (broad SMARTS) is 1. The highest BCUT2D eigenvalue weighted by Gasteiger charge is 2.33. The first-order valence-electron chi connectivity index (χ1n) is 8.23. The van der Waals surface area contributed by atoms with Gasteiger partial charge in [-0.3, -0.25) is 9.59 Å². The molecule has 0 spiro atoms. The van der Waals surface area contributed by atoms with Gasteiger partial charge in [-0.2, -0.15) is 0 Å². The fraction of sp³-hybridized carbons (Fsp3) is 0.765. The van der Waals surface area contributed by atoms with Crippen LogP contribution in [0.1, 0.15) is 51.9 Å². The summed E-state index contributed by atoms with van der Waals surface area (Å²) in [5.74, 6) is -0.395. The number of hydrogen-bond acceptors (Lipinski definition) is 2. The molecule has 2 aliphatic rings. The van der Waals surface area contributed by atoms with Crippen LogP contribution in [-0.2, 0) is 9.59 Å². The van der Waals surface area contributed by atoms with Crippen LogP contribution in [0.5, 0.6) is 0 Å². The van der Waals surface area contributed by atoms with E-state index in [1.165, 1.54) is 25.7 Å². The zero-order chi connectivity index (χ0) is 15.2. The SMILES string of the molecule is CC1CCCC(CCNC(=O)C2CC=CCC2C(=O)O)C1. The van der Waals surface area contributed by atoms with Crippen molar-refractivity contribution in [2.24, 2.45) is 23.7 Å². The van der Waals surface area contributed by atoms with Crippen molar-refractivity contribution in [2.75, 3.05) is 6.54 Å². The van der Waals surface area contributed by atoms with E-state index in [0.29, 0.717) is 19.4 Å². The van der Waals surface area contributed by atoms with E-state index in [1.54, 1.807) is 0 Å². The molecular weight excluding hydrogens is 266 g/mol. The highest BCUT2D eigenvalue weighted by atomic mass is 16.4. The van der Waals surface area contributed by atoms with E-state index in [2.05, 4.69) is 12.2 Å². The second kappa shape index (κ2) is 7.62. The Morgan fingerprint density at radius 2 is 1.90 bits per heavy atom. The van der Waals surface area contributed by atoms with E-state index < -0.39 is 17.8 Å². The Balaban J connectivity index is 1.76. The monoisotopic (exact) mass is 293 g/mol. The van der Waals surface area contributed by atoms with E-state index in [4.69, 9.17) is 0 Å². The van der Waals surface area contributed by atoms with Gasteiger partial charge in [-0.05, 0) is 37.5 Å². The summed E-state index contributed by atoms with van der Waals surface area (Å²) in [5, 5.41) is 12.2. The van der Waals surface area contributed by atoms with Gasteiger partial charge >= 0.3 is 5.97 Å². The van der Waals surface area contributed by atoms with Crippen LogP contribution in [0.15, 0.2) is 12.2 Å². The van der Waals surface area contributed by atoms with Crippen molar-refractivity contribution in [1.29, 1.82) is 0 Å². The minimum absolute atomic E-state index is 0.0874. The van der Waals surface area contributed by atoms with Crippen molar-refractivity contribution in [3.05, 3.63) is 12.2 Å². The maximum Gasteiger partial charge on any atom is 0.307 e. The lowest BCUT2D eigenvalue weighted by molar-refractivity contribution is -0.147. The molecule has 0 heterocycles. The van der Waals surface area contributed by atoms with Gasteiger partial charge in [0.05, 0.1) is 11.8 Å². The maximum atomic E-state index is 12.2. The number of carbonyl (C=O) groups is 2. The number of hydrogen-bond donors (Lipinski definition) is 2. The van der Waals surface area contributed by atoms with Crippen LogP contribution in [0.3, 0.4) is 0 Å². The molecule has 0 aromatic rings. The predicted molar refractivity (Wildman–Crippen MR) is 81.7 cm³/mol. The predicted octanol–water partition coefficient (Wildman–Crippen LogP) is 2.99. The second-order valence-corrected chi connectivity index (χ2v) is 6.71. The molecule has 2 rings (SSSR count). The fourth-order valence-corrected chi connectivity index (χ4v) is 3.73. The van der Waals surface area contributed by atoms with E-state index in [9.17, 15) is 14.7 Å². The molecule has 0 aromatic heterocycles. The van der Waals surface area contributed by atoms with Crippen LogP contribution < -0.4 is 5.32 Å². The molecule has 0 saturated heterocycles. The van der Waals surface area contributed by atoms with Gasteiger partial charge in [-0.25, -0.2) is 0 Å². The zero-order valence-corrected chi connectivity index (χ0v) is 12.9. The molecule has 21 heavy (non-hydrogen) atoms. The maximum absolute atomic E-state index is 12.2. The molecule has 0 radical (unpaired) electrons. The Morgan fingerprint density at radius 3 is 2.57 bits per heavy atom. The standard InChI is InChI=1S/C17H27NO3/c1-12-5-4-6-13(11-12)9-10-18-16(19)14-7-2-3-8-15(14)17(20)21/h2-3,12-15H,4-11H2,1H3,(H,18,19)(H,20,21). The third-order valence-corrected chi connectivity index (χ3v) is 4.98. The van der Waals surface area contributed by atoms with Crippen molar-refractivity contribution >= 4 is 11.9 Å². The molecule has 2 N–H and O–H groups in total. The minimum Gasteiger partial charge on any atom is -0.481 e. The molecule has 0 aromatic carbocycles. The third kappa shape index (κ3) is 4.58. The smallest absolute Gasteiger partial charge is 0.307 e. The molecule has 1 fully saturated rings. The molecule has 4 heteroatoms. The average molecular weight is 293 g/mol. The molecule has 118 valence electrons. The summed E-state index contributed by atoms with van der Waals surface area (Å²) in [5.41, 5.74) is 0. The number of rotatable bonds is 5. The highest BCUT2D eigenvalue weighted by molar-refractivity contribution is 5.85.